The summed E-state index contributed by atoms with van der Waals surface area (Å²) < 4.78 is 27.3. The van der Waals surface area contributed by atoms with Crippen molar-refractivity contribution >= 4 is 9.84 Å². The van der Waals surface area contributed by atoms with Gasteiger partial charge in [0.25, 0.3) is 0 Å². The Labute approximate surface area is 92.3 Å². The average Bonchev–Trinajstić information content (AvgIpc) is 2.41. The Morgan fingerprint density at radius 3 is 2.67 bits per heavy atom. The van der Waals surface area contributed by atoms with Crippen molar-refractivity contribution in [3.63, 3.8) is 0 Å². The van der Waals surface area contributed by atoms with E-state index in [1.807, 2.05) is 0 Å². The van der Waals surface area contributed by atoms with Crippen LogP contribution in [0.2, 0.25) is 0 Å². The maximum atomic E-state index is 10.9. The van der Waals surface area contributed by atoms with E-state index in [-0.39, 0.29) is 17.4 Å². The van der Waals surface area contributed by atoms with Crippen LogP contribution in [0.3, 0.4) is 0 Å². The van der Waals surface area contributed by atoms with E-state index in [0.717, 1.165) is 19.6 Å². The Morgan fingerprint density at radius 2 is 2.20 bits per heavy atom. The molecule has 4 nitrogen and oxygen atoms in total. The van der Waals surface area contributed by atoms with Crippen LogP contribution in [0.1, 0.15) is 26.7 Å². The van der Waals surface area contributed by atoms with Gasteiger partial charge < -0.3 is 10.1 Å². The summed E-state index contributed by atoms with van der Waals surface area (Å²) in [5, 5.41) is 3.39. The molecule has 1 heterocycles. The molecule has 0 aromatic carbocycles. The highest BCUT2D eigenvalue weighted by molar-refractivity contribution is 7.90. The Morgan fingerprint density at radius 1 is 1.53 bits per heavy atom. The minimum atomic E-state index is -2.82. The van der Waals surface area contributed by atoms with Crippen LogP contribution in [-0.2, 0) is 14.6 Å². The van der Waals surface area contributed by atoms with Crippen LogP contribution in [-0.4, -0.2) is 45.2 Å². The van der Waals surface area contributed by atoms with Gasteiger partial charge in [0, 0.05) is 18.4 Å². The lowest BCUT2D eigenvalue weighted by atomic mass is 9.95. The van der Waals surface area contributed by atoms with Crippen molar-refractivity contribution in [1.29, 1.82) is 0 Å². The quantitative estimate of drug-likeness (QED) is 0.708. The largest absolute Gasteiger partial charge is 0.377 e. The minimum Gasteiger partial charge on any atom is -0.377 e. The van der Waals surface area contributed by atoms with Crippen molar-refractivity contribution in [2.45, 2.75) is 38.3 Å². The number of rotatable bonds is 5. The SMILES string of the molecule is CC1OCCC1(C)NCCCS(C)(=O)=O. The molecule has 1 aliphatic rings. The number of ether oxygens (including phenoxy) is 1. The van der Waals surface area contributed by atoms with Crippen molar-refractivity contribution in [3.8, 4) is 0 Å². The Kier molecular flexibility index (Phi) is 4.14. The molecule has 0 aliphatic carbocycles. The highest BCUT2D eigenvalue weighted by atomic mass is 32.2. The fourth-order valence-electron chi connectivity index (χ4n) is 1.78. The Balaban J connectivity index is 2.25. The summed E-state index contributed by atoms with van der Waals surface area (Å²) in [6.45, 7) is 5.70. The van der Waals surface area contributed by atoms with Gasteiger partial charge in [-0.25, -0.2) is 8.42 Å². The van der Waals surface area contributed by atoms with Crippen molar-refractivity contribution in [2.24, 2.45) is 0 Å². The molecule has 0 aromatic rings. The highest BCUT2D eigenvalue weighted by Crippen LogP contribution is 2.24. The molecule has 0 saturated carbocycles. The molecule has 5 heteroatoms. The molecule has 0 spiro atoms. The second-order valence-electron chi connectivity index (χ2n) is 4.59. The molecular formula is C10H21NO3S. The van der Waals surface area contributed by atoms with E-state index in [0.29, 0.717) is 6.42 Å². The van der Waals surface area contributed by atoms with Gasteiger partial charge in [0.15, 0.2) is 0 Å². The molecule has 0 aromatic heterocycles. The van der Waals surface area contributed by atoms with Crippen LogP contribution < -0.4 is 5.32 Å². The van der Waals surface area contributed by atoms with Crippen molar-refractivity contribution in [1.82, 2.24) is 5.32 Å². The molecular weight excluding hydrogens is 214 g/mol. The van der Waals surface area contributed by atoms with Gasteiger partial charge in [-0.05, 0) is 33.2 Å². The van der Waals surface area contributed by atoms with Crippen molar-refractivity contribution in [2.75, 3.05) is 25.2 Å². The molecule has 2 unspecified atom stereocenters. The van der Waals surface area contributed by atoms with Crippen LogP contribution in [0.25, 0.3) is 0 Å². The van der Waals surface area contributed by atoms with E-state index in [4.69, 9.17) is 4.74 Å². The minimum absolute atomic E-state index is 0.0114. The molecule has 1 aliphatic heterocycles. The molecule has 1 saturated heterocycles. The van der Waals surface area contributed by atoms with E-state index in [2.05, 4.69) is 19.2 Å². The van der Waals surface area contributed by atoms with E-state index < -0.39 is 9.84 Å². The second-order valence-corrected chi connectivity index (χ2v) is 6.85. The van der Waals surface area contributed by atoms with E-state index in [1.54, 1.807) is 0 Å². The lowest BCUT2D eigenvalue weighted by Crippen LogP contribution is -2.48. The zero-order chi connectivity index (χ0) is 11.5. The van der Waals surface area contributed by atoms with Gasteiger partial charge in [-0.1, -0.05) is 0 Å². The van der Waals surface area contributed by atoms with E-state index >= 15 is 0 Å². The summed E-state index contributed by atoms with van der Waals surface area (Å²) in [6, 6.07) is 0. The molecule has 15 heavy (non-hydrogen) atoms. The first-order valence-corrected chi connectivity index (χ1v) is 7.44. The van der Waals surface area contributed by atoms with Crippen LogP contribution in [0, 0.1) is 0 Å². The standard InChI is InChI=1S/C10H21NO3S/c1-9-10(2,5-7-14-9)11-6-4-8-15(3,12)13/h9,11H,4-8H2,1-3H3. The number of sulfone groups is 1. The van der Waals surface area contributed by atoms with Gasteiger partial charge in [0.05, 0.1) is 11.9 Å². The summed E-state index contributed by atoms with van der Waals surface area (Å²) in [5.41, 5.74) is 0.0114. The monoisotopic (exact) mass is 235 g/mol. The van der Waals surface area contributed by atoms with Gasteiger partial charge in [-0.15, -0.1) is 0 Å². The van der Waals surface area contributed by atoms with Gasteiger partial charge in [-0.3, -0.25) is 0 Å². The summed E-state index contributed by atoms with van der Waals surface area (Å²) in [4.78, 5) is 0. The van der Waals surface area contributed by atoms with Crippen LogP contribution >= 0.6 is 0 Å². The Hall–Kier alpha value is -0.130. The molecule has 90 valence electrons. The maximum Gasteiger partial charge on any atom is 0.147 e. The molecule has 0 bridgehead atoms. The predicted octanol–water partition coefficient (Wildman–Crippen LogP) is 0.578. The van der Waals surface area contributed by atoms with Gasteiger partial charge >= 0.3 is 0 Å². The van der Waals surface area contributed by atoms with Crippen LogP contribution in [0.15, 0.2) is 0 Å². The normalized spacial score (nSPS) is 32.1. The second kappa shape index (κ2) is 4.80. The lowest BCUT2D eigenvalue weighted by molar-refractivity contribution is 0.0889. The fraction of sp³-hybridized carbons (Fsp3) is 1.00. The fourth-order valence-corrected chi connectivity index (χ4v) is 2.44. The summed E-state index contributed by atoms with van der Waals surface area (Å²) >= 11 is 0. The summed E-state index contributed by atoms with van der Waals surface area (Å²) in [6.07, 6.45) is 3.14. The van der Waals surface area contributed by atoms with Gasteiger partial charge in [0.2, 0.25) is 0 Å². The molecule has 0 radical (unpaired) electrons. The molecule has 1 fully saturated rings. The first-order valence-electron chi connectivity index (χ1n) is 5.38. The molecule has 1 N–H and O–H groups in total. The summed E-state index contributed by atoms with van der Waals surface area (Å²) in [7, 11) is -2.82. The van der Waals surface area contributed by atoms with Gasteiger partial charge in [-0.2, -0.15) is 0 Å². The third-order valence-corrected chi connectivity index (χ3v) is 4.14. The van der Waals surface area contributed by atoms with E-state index in [9.17, 15) is 8.42 Å². The third kappa shape index (κ3) is 4.09. The highest BCUT2D eigenvalue weighted by Gasteiger charge is 2.36. The molecule has 2 atom stereocenters. The molecule has 0 amide bonds. The number of hydrogen-bond acceptors (Lipinski definition) is 4. The summed E-state index contributed by atoms with van der Waals surface area (Å²) in [5.74, 6) is 0.255. The zero-order valence-electron chi connectivity index (χ0n) is 9.75. The third-order valence-electron chi connectivity index (χ3n) is 3.11. The Bertz CT molecular complexity index is 302. The predicted molar refractivity (Wildman–Crippen MR) is 60.8 cm³/mol. The first-order chi connectivity index (χ1) is 6.83. The maximum absolute atomic E-state index is 10.9. The smallest absolute Gasteiger partial charge is 0.147 e. The van der Waals surface area contributed by atoms with Crippen molar-refractivity contribution < 1.29 is 13.2 Å². The van der Waals surface area contributed by atoms with Crippen LogP contribution in [0.5, 0.6) is 0 Å². The van der Waals surface area contributed by atoms with Crippen LogP contribution in [0.4, 0.5) is 0 Å². The van der Waals surface area contributed by atoms with Gasteiger partial charge in [0.1, 0.15) is 9.84 Å². The van der Waals surface area contributed by atoms with Crippen molar-refractivity contribution in [3.05, 3.63) is 0 Å². The topological polar surface area (TPSA) is 55.4 Å². The first kappa shape index (κ1) is 12.9. The zero-order valence-corrected chi connectivity index (χ0v) is 10.6. The number of nitrogens with one attached hydrogen (secondary N) is 1. The lowest BCUT2D eigenvalue weighted by Gasteiger charge is -2.29. The number of hydrogen-bond donors (Lipinski definition) is 1. The molecule has 1 rings (SSSR count). The average molecular weight is 235 g/mol. The van der Waals surface area contributed by atoms with E-state index in [1.165, 1.54) is 6.26 Å².